The van der Waals surface area contributed by atoms with Crippen molar-refractivity contribution in [3.05, 3.63) is 158 Å². The van der Waals surface area contributed by atoms with E-state index in [9.17, 15) is 40.7 Å². The summed E-state index contributed by atoms with van der Waals surface area (Å²) in [4.78, 5) is 40.1. The molecule has 0 aliphatic heterocycles. The molecule has 0 saturated carbocycles. The SMILES string of the molecule is CC.CC(I)(I)I.CC(I)I.CCI.Nc1cncc(Br)c1.O=C(Cc1cncc(Br)c1)c1ccc(F)cc1F.O=C(Cl)c1ccc(F)cc1F.O=C(O)c1ccc(F)cc1F. The van der Waals surface area contributed by atoms with Gasteiger partial charge in [-0.05, 0) is 116 Å². The van der Waals surface area contributed by atoms with Gasteiger partial charge >= 0.3 is 5.97 Å². The molecule has 0 fully saturated rings. The molecule has 0 spiro atoms. The van der Waals surface area contributed by atoms with E-state index in [4.69, 9.17) is 22.4 Å². The Balaban J connectivity index is -0.000000698. The fourth-order valence-corrected chi connectivity index (χ4v) is 4.24. The average Bonchev–Trinajstić information content (AvgIpc) is 3.12. The molecule has 342 valence electrons. The Bertz CT molecular complexity index is 2030. The van der Waals surface area contributed by atoms with Crippen LogP contribution < -0.4 is 5.73 Å². The molecule has 5 aromatic rings. The Morgan fingerprint density at radius 2 is 1.06 bits per heavy atom. The molecule has 0 amide bonds. The lowest BCUT2D eigenvalue weighted by Gasteiger charge is -2.03. The zero-order valence-electron chi connectivity index (χ0n) is 33.0. The molecule has 7 nitrogen and oxygen atoms in total. The maximum Gasteiger partial charge on any atom is 0.338 e. The minimum atomic E-state index is -1.40. The number of nitrogens with zero attached hydrogens (tertiary/aromatic N) is 2. The van der Waals surface area contributed by atoms with Crippen LogP contribution in [0.1, 0.15) is 71.3 Å². The van der Waals surface area contributed by atoms with Crippen LogP contribution in [0.2, 0.25) is 0 Å². The lowest BCUT2D eigenvalue weighted by atomic mass is 10.0. The number of hydrogen-bond donors (Lipinski definition) is 2. The summed E-state index contributed by atoms with van der Waals surface area (Å²) in [6.45, 7) is 10.4. The van der Waals surface area contributed by atoms with Crippen molar-refractivity contribution in [2.75, 3.05) is 10.2 Å². The highest BCUT2D eigenvalue weighted by Gasteiger charge is 2.14. The first-order valence-corrected chi connectivity index (χ1v) is 26.1. The number of carboxylic acids is 1. The van der Waals surface area contributed by atoms with Crippen molar-refractivity contribution in [3.8, 4) is 0 Å². The quantitative estimate of drug-likeness (QED) is 0.0591. The van der Waals surface area contributed by atoms with E-state index in [-0.39, 0.29) is 17.5 Å². The summed E-state index contributed by atoms with van der Waals surface area (Å²) < 4.78 is 79.6. The van der Waals surface area contributed by atoms with Gasteiger partial charge in [-0.15, -0.1) is 0 Å². The van der Waals surface area contributed by atoms with E-state index in [0.717, 1.165) is 47.3 Å². The molecule has 0 bridgehead atoms. The lowest BCUT2D eigenvalue weighted by molar-refractivity contribution is 0.0691. The molecule has 0 aliphatic carbocycles. The van der Waals surface area contributed by atoms with Crippen molar-refractivity contribution < 1.29 is 45.8 Å². The van der Waals surface area contributed by atoms with Gasteiger partial charge < -0.3 is 10.8 Å². The Morgan fingerprint density at radius 3 is 1.35 bits per heavy atom. The predicted octanol–water partition coefficient (Wildman–Crippen LogP) is 16.6. The minimum absolute atomic E-state index is 0.0228. The number of alkyl halides is 6. The highest BCUT2D eigenvalue weighted by molar-refractivity contribution is 14.3. The number of carbonyl (C=O) groups is 3. The predicted molar refractivity (Wildman–Crippen MR) is 296 cm³/mol. The van der Waals surface area contributed by atoms with Crippen LogP contribution >= 0.6 is 179 Å². The van der Waals surface area contributed by atoms with Crippen LogP contribution in [0.15, 0.2) is 100 Å². The standard InChI is InChI=1S/C13H8BrF2NO.C7H3ClF2O.C7H4F2O2.C5H5BrN2.C2H3I3.C2H4I2.C2H5I.C2H6/c14-9-3-8(6-17-7-9)4-13(18)11-2-1-10(15)5-12(11)16;8-7(11)5-2-1-4(9)3-6(5)10;8-4-1-2-5(7(10)11)6(9)3-4;6-4-1-5(7)3-8-2-4;1-2(3,4)5;1-2(3)4;1-2-3;1-2/h1-3,5-7H,4H2;1-3H;1-3H,(H,10,11);1-3H,7H2;1H3;2H,1H3;2H2,1H3;1-2H3. The number of nitrogen functional groups attached to an aromatic ring is 1. The number of benzene rings is 3. The molecule has 5 rings (SSSR count). The lowest BCUT2D eigenvalue weighted by Crippen LogP contribution is -2.06. The number of aromatic nitrogens is 2. The summed E-state index contributed by atoms with van der Waals surface area (Å²) in [5.74, 6) is -6.87. The largest absolute Gasteiger partial charge is 0.478 e. The minimum Gasteiger partial charge on any atom is -0.478 e. The van der Waals surface area contributed by atoms with E-state index < -0.39 is 57.5 Å². The molecule has 2 heterocycles. The number of Topliss-reactive ketones (excluding diaryl/α,β-unsaturated/α-hetero) is 1. The molecule has 0 saturated heterocycles. The third-order valence-electron chi connectivity index (χ3n) is 5.39. The summed E-state index contributed by atoms with van der Waals surface area (Å²) in [5.41, 5.74) is 5.76. The third kappa shape index (κ3) is 36.9. The summed E-state index contributed by atoms with van der Waals surface area (Å²) in [5, 5.41) is 7.37. The van der Waals surface area contributed by atoms with Crippen molar-refractivity contribution in [1.82, 2.24) is 9.97 Å². The molecule has 62 heavy (non-hydrogen) atoms. The highest BCUT2D eigenvalue weighted by Crippen LogP contribution is 2.33. The second kappa shape index (κ2) is 37.8. The number of carboxylic acid groups (broad SMARTS) is 1. The molecule has 0 aliphatic rings. The number of aromatic carboxylic acids is 1. The zero-order valence-corrected chi connectivity index (χ0v) is 49.8. The van der Waals surface area contributed by atoms with Crippen LogP contribution in [-0.4, -0.2) is 37.9 Å². The molecule has 2 aromatic heterocycles. The first-order chi connectivity index (χ1) is 28.7. The van der Waals surface area contributed by atoms with Crippen LogP contribution in [0.5, 0.6) is 0 Å². The van der Waals surface area contributed by atoms with Crippen LogP contribution in [0.4, 0.5) is 32.0 Å². The number of hydrogen-bond acceptors (Lipinski definition) is 6. The van der Waals surface area contributed by atoms with Crippen LogP contribution in [-0.2, 0) is 6.42 Å². The number of rotatable bonds is 5. The molecule has 3 aromatic carbocycles. The van der Waals surface area contributed by atoms with Crippen molar-refractivity contribution in [3.63, 3.8) is 0 Å². The number of pyridine rings is 2. The Labute approximate surface area is 461 Å². The first kappa shape index (κ1) is 66.1. The third-order valence-corrected chi connectivity index (χ3v) is 6.46. The molecular weight excluding hydrogens is 1660 g/mol. The second-order valence-electron chi connectivity index (χ2n) is 10.6. The molecule has 0 radical (unpaired) electrons. The van der Waals surface area contributed by atoms with Crippen molar-refractivity contribution in [1.29, 1.82) is 0 Å². The van der Waals surface area contributed by atoms with Gasteiger partial charge in [-0.1, -0.05) is 156 Å². The van der Waals surface area contributed by atoms with E-state index >= 15 is 0 Å². The van der Waals surface area contributed by atoms with Gasteiger partial charge in [0.05, 0.1) is 24.3 Å². The summed E-state index contributed by atoms with van der Waals surface area (Å²) >= 11 is 25.4. The van der Waals surface area contributed by atoms with E-state index in [1.165, 1.54) is 10.6 Å². The van der Waals surface area contributed by atoms with Crippen LogP contribution in [0.3, 0.4) is 0 Å². The molecular formula is C40H38Br2ClF6I6N3O4. The van der Waals surface area contributed by atoms with Gasteiger partial charge in [-0.3, -0.25) is 19.6 Å². The average molecular weight is 1700 g/mol. The van der Waals surface area contributed by atoms with Gasteiger partial charge in [0.25, 0.3) is 5.24 Å². The van der Waals surface area contributed by atoms with E-state index in [2.05, 4.69) is 198 Å². The van der Waals surface area contributed by atoms with Gasteiger partial charge in [0.2, 0.25) is 0 Å². The number of anilines is 1. The topological polar surface area (TPSA) is 123 Å². The zero-order chi connectivity index (χ0) is 48.7. The monoisotopic (exact) mass is 1690 g/mol. The number of halogens is 15. The van der Waals surface area contributed by atoms with E-state index in [1.54, 1.807) is 30.7 Å². The second-order valence-corrected chi connectivity index (χ2v) is 33.1. The molecule has 0 unspecified atom stereocenters. The van der Waals surface area contributed by atoms with Crippen LogP contribution in [0.25, 0.3) is 0 Å². The number of carbonyl (C=O) groups excluding carboxylic acids is 2. The van der Waals surface area contributed by atoms with Gasteiger partial charge in [-0.2, -0.15) is 0 Å². The maximum absolute atomic E-state index is 13.4. The normalized spacial score (nSPS) is 9.56. The Hall–Kier alpha value is -0.220. The van der Waals surface area contributed by atoms with E-state index in [0.29, 0.717) is 28.9 Å². The fourth-order valence-electron chi connectivity index (χ4n) is 3.29. The number of nitrogens with two attached hydrogens (primary N) is 1. The molecule has 0 atom stereocenters. The van der Waals surface area contributed by atoms with Gasteiger partial charge in [0, 0.05) is 58.4 Å². The maximum atomic E-state index is 13.4. The number of ketones is 1. The summed E-state index contributed by atoms with van der Waals surface area (Å²) in [6, 6.07) is 11.3. The summed E-state index contributed by atoms with van der Waals surface area (Å²) in [6.07, 6.45) is 6.44. The Kier molecular flexibility index (Phi) is 40.3. The summed E-state index contributed by atoms with van der Waals surface area (Å²) in [7, 11) is 0. The van der Waals surface area contributed by atoms with Crippen molar-refractivity contribution in [2.45, 2.75) is 42.4 Å². The molecule has 22 heteroatoms. The van der Waals surface area contributed by atoms with Crippen LogP contribution in [0, 0.1) is 34.9 Å². The fraction of sp³-hybridized carbons (Fsp3) is 0.225. The van der Waals surface area contributed by atoms with Gasteiger partial charge in [0.15, 0.2) is 5.78 Å². The highest BCUT2D eigenvalue weighted by atomic mass is 127. The van der Waals surface area contributed by atoms with E-state index in [1.807, 2.05) is 13.8 Å². The van der Waals surface area contributed by atoms with Crippen molar-refractivity contribution >= 4 is 202 Å². The van der Waals surface area contributed by atoms with Gasteiger partial charge in [0.1, 0.15) is 34.3 Å². The Morgan fingerprint density at radius 1 is 0.726 bits per heavy atom. The first-order valence-electron chi connectivity index (χ1n) is 16.9. The molecule has 3 N–H and O–H groups in total. The smallest absolute Gasteiger partial charge is 0.338 e. The van der Waals surface area contributed by atoms with Gasteiger partial charge in [-0.25, -0.2) is 31.1 Å². The van der Waals surface area contributed by atoms with Crippen molar-refractivity contribution in [2.24, 2.45) is 0 Å².